The van der Waals surface area contributed by atoms with Crippen molar-refractivity contribution < 1.29 is 19.4 Å². The Kier molecular flexibility index (Phi) is 7.22. The van der Waals surface area contributed by atoms with Gasteiger partial charge in [0.15, 0.2) is 0 Å². The van der Waals surface area contributed by atoms with Gasteiger partial charge in [0.1, 0.15) is 12.1 Å². The molecule has 0 atom stereocenters. The van der Waals surface area contributed by atoms with E-state index in [2.05, 4.69) is 15.9 Å². The highest BCUT2D eigenvalue weighted by Crippen LogP contribution is 2.21. The summed E-state index contributed by atoms with van der Waals surface area (Å²) in [6.07, 6.45) is -0.605. The first-order valence-corrected chi connectivity index (χ1v) is 8.53. The van der Waals surface area contributed by atoms with Crippen LogP contribution in [0, 0.1) is 0 Å². The van der Waals surface area contributed by atoms with Crippen molar-refractivity contribution in [2.24, 2.45) is 0 Å². The molecule has 7 heteroatoms. The van der Waals surface area contributed by atoms with Crippen molar-refractivity contribution in [2.45, 2.75) is 31.3 Å². The fourth-order valence-corrected chi connectivity index (χ4v) is 2.67. The van der Waals surface area contributed by atoms with E-state index in [1.165, 1.54) is 4.90 Å². The van der Waals surface area contributed by atoms with Gasteiger partial charge in [0.25, 0.3) is 0 Å². The van der Waals surface area contributed by atoms with Gasteiger partial charge in [-0.15, -0.1) is 11.8 Å². The number of thioether (sulfide) groups is 1. The van der Waals surface area contributed by atoms with E-state index in [9.17, 15) is 9.59 Å². The van der Waals surface area contributed by atoms with E-state index >= 15 is 0 Å². The second kappa shape index (κ2) is 8.43. The minimum Gasteiger partial charge on any atom is -0.480 e. The van der Waals surface area contributed by atoms with Crippen molar-refractivity contribution in [1.82, 2.24) is 4.90 Å². The third-order valence-electron chi connectivity index (χ3n) is 2.42. The van der Waals surface area contributed by atoms with Gasteiger partial charge in [-0.05, 0) is 45.0 Å². The number of carbonyl (C=O) groups is 2. The highest BCUT2D eigenvalue weighted by atomic mass is 79.9. The second-order valence-corrected chi connectivity index (χ2v) is 7.68. The Morgan fingerprint density at radius 2 is 1.86 bits per heavy atom. The normalized spacial score (nSPS) is 11.1. The number of halogens is 1. The Hall–Kier alpha value is -1.21. The largest absolute Gasteiger partial charge is 0.480 e. The fraction of sp³-hybridized carbons (Fsp3) is 0.467. The molecule has 0 aromatic heterocycles. The number of nitrogens with zero attached hydrogens (tertiary/aromatic N) is 1. The summed E-state index contributed by atoms with van der Waals surface area (Å²) < 4.78 is 6.23. The molecule has 22 heavy (non-hydrogen) atoms. The molecule has 0 heterocycles. The zero-order valence-electron chi connectivity index (χ0n) is 12.8. The number of hydrogen-bond donors (Lipinski definition) is 1. The zero-order chi connectivity index (χ0) is 16.8. The van der Waals surface area contributed by atoms with Gasteiger partial charge in [-0.1, -0.05) is 15.9 Å². The van der Waals surface area contributed by atoms with Gasteiger partial charge in [-0.25, -0.2) is 4.79 Å². The van der Waals surface area contributed by atoms with Crippen LogP contribution >= 0.6 is 27.7 Å². The summed E-state index contributed by atoms with van der Waals surface area (Å²) in [4.78, 5) is 25.2. The summed E-state index contributed by atoms with van der Waals surface area (Å²) in [6, 6.07) is 7.80. The lowest BCUT2D eigenvalue weighted by Gasteiger charge is -2.26. The van der Waals surface area contributed by atoms with Crippen LogP contribution in [0.3, 0.4) is 0 Å². The Balaban J connectivity index is 2.55. The molecule has 0 spiro atoms. The van der Waals surface area contributed by atoms with Crippen LogP contribution in [-0.2, 0) is 9.53 Å². The number of rotatable bonds is 6. The van der Waals surface area contributed by atoms with Crippen LogP contribution in [0.1, 0.15) is 20.8 Å². The molecule has 0 aliphatic heterocycles. The summed E-state index contributed by atoms with van der Waals surface area (Å²) in [5, 5.41) is 8.92. The minimum absolute atomic E-state index is 0.307. The quantitative estimate of drug-likeness (QED) is 0.748. The summed E-state index contributed by atoms with van der Waals surface area (Å²) in [5.41, 5.74) is -0.646. The van der Waals surface area contributed by atoms with E-state index in [1.807, 2.05) is 24.3 Å². The lowest BCUT2D eigenvalue weighted by atomic mass is 10.2. The third-order valence-corrected chi connectivity index (χ3v) is 3.94. The molecule has 1 rings (SSSR count). The summed E-state index contributed by atoms with van der Waals surface area (Å²) >= 11 is 4.92. The number of hydrogen-bond acceptors (Lipinski definition) is 4. The van der Waals surface area contributed by atoms with E-state index in [0.29, 0.717) is 12.3 Å². The van der Waals surface area contributed by atoms with Crippen LogP contribution in [0.2, 0.25) is 0 Å². The summed E-state index contributed by atoms with van der Waals surface area (Å²) in [5.74, 6) is -0.465. The number of ether oxygens (including phenoxy) is 1. The monoisotopic (exact) mass is 389 g/mol. The standard InChI is InChI=1S/C15H20BrNO4S/c1-15(2,3)21-14(20)17(10-13(18)19)8-9-22-12-6-4-11(16)5-7-12/h4-7H,8-10H2,1-3H3,(H,18,19). The van der Waals surface area contributed by atoms with Crippen LogP contribution in [-0.4, -0.2) is 46.5 Å². The molecule has 0 fully saturated rings. The number of carboxylic acids is 1. The van der Waals surface area contributed by atoms with E-state index in [-0.39, 0.29) is 6.54 Å². The molecule has 0 saturated heterocycles. The number of aliphatic carboxylic acids is 1. The zero-order valence-corrected chi connectivity index (χ0v) is 15.2. The van der Waals surface area contributed by atoms with Gasteiger partial charge in [-0.2, -0.15) is 0 Å². The maximum Gasteiger partial charge on any atom is 0.410 e. The molecular formula is C15H20BrNO4S. The lowest BCUT2D eigenvalue weighted by Crippen LogP contribution is -2.41. The van der Waals surface area contributed by atoms with Gasteiger partial charge >= 0.3 is 12.1 Å². The fourth-order valence-electron chi connectivity index (χ4n) is 1.53. The van der Waals surface area contributed by atoms with Crippen molar-refractivity contribution in [3.05, 3.63) is 28.7 Å². The summed E-state index contributed by atoms with van der Waals surface area (Å²) in [7, 11) is 0. The molecular weight excluding hydrogens is 370 g/mol. The third kappa shape index (κ3) is 7.70. The van der Waals surface area contributed by atoms with Crippen LogP contribution in [0.5, 0.6) is 0 Å². The Morgan fingerprint density at radius 3 is 2.36 bits per heavy atom. The molecule has 1 amide bonds. The number of carboxylic acid groups (broad SMARTS) is 1. The first-order valence-electron chi connectivity index (χ1n) is 6.75. The molecule has 1 aromatic rings. The van der Waals surface area contributed by atoms with Crippen molar-refractivity contribution in [3.63, 3.8) is 0 Å². The van der Waals surface area contributed by atoms with Crippen molar-refractivity contribution in [1.29, 1.82) is 0 Å². The van der Waals surface area contributed by atoms with Crippen LogP contribution in [0.4, 0.5) is 4.79 Å². The minimum atomic E-state index is -1.06. The number of benzene rings is 1. The average Bonchev–Trinajstić information content (AvgIpc) is 2.37. The molecule has 0 aliphatic rings. The second-order valence-electron chi connectivity index (χ2n) is 5.60. The molecule has 0 unspecified atom stereocenters. The van der Waals surface area contributed by atoms with Crippen LogP contribution < -0.4 is 0 Å². The van der Waals surface area contributed by atoms with Crippen LogP contribution in [0.25, 0.3) is 0 Å². The molecule has 0 radical (unpaired) electrons. The molecule has 0 bridgehead atoms. The molecule has 122 valence electrons. The Morgan fingerprint density at radius 1 is 1.27 bits per heavy atom. The van der Waals surface area contributed by atoms with E-state index in [4.69, 9.17) is 9.84 Å². The van der Waals surface area contributed by atoms with Crippen molar-refractivity contribution in [2.75, 3.05) is 18.8 Å². The maximum absolute atomic E-state index is 12.0. The van der Waals surface area contributed by atoms with Gasteiger partial charge < -0.3 is 9.84 Å². The van der Waals surface area contributed by atoms with E-state index in [1.54, 1.807) is 32.5 Å². The van der Waals surface area contributed by atoms with E-state index < -0.39 is 17.7 Å². The first-order chi connectivity index (χ1) is 10.2. The smallest absolute Gasteiger partial charge is 0.410 e. The Bertz CT molecular complexity index is 513. The van der Waals surface area contributed by atoms with E-state index in [0.717, 1.165) is 9.37 Å². The Labute approximate surface area is 143 Å². The van der Waals surface area contributed by atoms with Crippen LogP contribution in [0.15, 0.2) is 33.6 Å². The maximum atomic E-state index is 12.0. The molecule has 1 N–H and O–H groups in total. The van der Waals surface area contributed by atoms with Gasteiger partial charge in [-0.3, -0.25) is 9.69 Å². The molecule has 5 nitrogen and oxygen atoms in total. The average molecular weight is 390 g/mol. The SMILES string of the molecule is CC(C)(C)OC(=O)N(CCSc1ccc(Br)cc1)CC(=O)O. The van der Waals surface area contributed by atoms with Gasteiger partial charge in [0, 0.05) is 21.7 Å². The highest BCUT2D eigenvalue weighted by molar-refractivity contribution is 9.10. The van der Waals surface area contributed by atoms with Crippen molar-refractivity contribution >= 4 is 39.8 Å². The summed E-state index contributed by atoms with van der Waals surface area (Å²) in [6.45, 7) is 5.19. The first kappa shape index (κ1) is 18.8. The lowest BCUT2D eigenvalue weighted by molar-refractivity contribution is -0.138. The highest BCUT2D eigenvalue weighted by Gasteiger charge is 2.23. The number of carbonyl (C=O) groups excluding carboxylic acids is 1. The van der Waals surface area contributed by atoms with Gasteiger partial charge in [0.05, 0.1) is 0 Å². The van der Waals surface area contributed by atoms with Crippen molar-refractivity contribution in [3.8, 4) is 0 Å². The molecule has 0 saturated carbocycles. The topological polar surface area (TPSA) is 66.8 Å². The number of amides is 1. The predicted molar refractivity (Wildman–Crippen MR) is 90.3 cm³/mol. The molecule has 0 aliphatic carbocycles. The van der Waals surface area contributed by atoms with Gasteiger partial charge in [0.2, 0.25) is 0 Å². The predicted octanol–water partition coefficient (Wildman–Crippen LogP) is 3.86. The molecule has 1 aromatic carbocycles.